The van der Waals surface area contributed by atoms with Crippen LogP contribution in [0.15, 0.2) is 42.5 Å². The molecule has 0 aliphatic rings. The molecule has 40 heavy (non-hydrogen) atoms. The second-order valence-corrected chi connectivity index (χ2v) is 8.75. The van der Waals surface area contributed by atoms with Gasteiger partial charge in [0.25, 0.3) is 11.8 Å². The number of halogens is 4. The largest absolute Gasteiger partial charge is 0.496 e. The Bertz CT molecular complexity index is 1320. The summed E-state index contributed by atoms with van der Waals surface area (Å²) in [6, 6.07) is 7.37. The first-order valence-corrected chi connectivity index (χ1v) is 12.7. The average molecular weight is 563 g/mol. The lowest BCUT2D eigenvalue weighted by Crippen LogP contribution is -2.18. The quantitative estimate of drug-likeness (QED) is 0.171. The average Bonchev–Trinajstić information content (AvgIpc) is 2.92. The van der Waals surface area contributed by atoms with Crippen molar-refractivity contribution in [2.45, 2.75) is 39.5 Å². The molecule has 2 amide bonds. The molecule has 0 radical (unpaired) electrons. The summed E-state index contributed by atoms with van der Waals surface area (Å²) in [7, 11) is 1.25. The summed E-state index contributed by atoms with van der Waals surface area (Å²) in [6.07, 6.45) is 3.07. The van der Waals surface area contributed by atoms with E-state index in [1.54, 1.807) is 0 Å². The van der Waals surface area contributed by atoms with E-state index in [1.165, 1.54) is 19.2 Å². The van der Waals surface area contributed by atoms with Gasteiger partial charge in [0, 0.05) is 29.8 Å². The first-order chi connectivity index (χ1) is 19.2. The monoisotopic (exact) mass is 562 g/mol. The number of methoxy groups -OCH3 is 1. The van der Waals surface area contributed by atoms with Crippen LogP contribution in [0, 0.1) is 23.3 Å². The van der Waals surface area contributed by atoms with Gasteiger partial charge in [-0.25, -0.2) is 17.6 Å². The van der Waals surface area contributed by atoms with Gasteiger partial charge >= 0.3 is 0 Å². The van der Waals surface area contributed by atoms with Crippen molar-refractivity contribution in [1.82, 2.24) is 0 Å². The molecule has 7 nitrogen and oxygen atoms in total. The number of benzene rings is 3. The Kier molecular flexibility index (Phi) is 10.7. The van der Waals surface area contributed by atoms with E-state index in [4.69, 9.17) is 14.2 Å². The zero-order valence-electron chi connectivity index (χ0n) is 22.3. The summed E-state index contributed by atoms with van der Waals surface area (Å²) in [6.45, 7) is 4.44. The molecule has 3 aromatic carbocycles. The number of carbonyl (C=O) groups excluding carboxylic acids is 2. The minimum absolute atomic E-state index is 0.0136. The Labute approximate surface area is 229 Å². The van der Waals surface area contributed by atoms with Crippen molar-refractivity contribution >= 4 is 23.2 Å². The van der Waals surface area contributed by atoms with E-state index in [0.29, 0.717) is 12.8 Å². The molecule has 0 aliphatic heterocycles. The maximum absolute atomic E-state index is 14.6. The highest BCUT2D eigenvalue weighted by molar-refractivity contribution is 6.10. The maximum atomic E-state index is 14.6. The first-order valence-electron chi connectivity index (χ1n) is 12.7. The van der Waals surface area contributed by atoms with Crippen LogP contribution in [0.4, 0.5) is 28.9 Å². The zero-order valence-corrected chi connectivity index (χ0v) is 22.3. The summed E-state index contributed by atoms with van der Waals surface area (Å²) in [5, 5.41) is 4.27. The summed E-state index contributed by atoms with van der Waals surface area (Å²) in [5.41, 5.74) is -1.86. The van der Waals surface area contributed by atoms with Crippen LogP contribution in [-0.4, -0.2) is 32.1 Å². The van der Waals surface area contributed by atoms with Gasteiger partial charge in [-0.1, -0.05) is 26.7 Å². The van der Waals surface area contributed by atoms with Crippen molar-refractivity contribution in [3.63, 3.8) is 0 Å². The van der Waals surface area contributed by atoms with E-state index >= 15 is 0 Å². The lowest BCUT2D eigenvalue weighted by molar-refractivity contribution is 0.102. The second-order valence-electron chi connectivity index (χ2n) is 8.75. The molecule has 2 N–H and O–H groups in total. The number of ether oxygens (including phenoxy) is 3. The van der Waals surface area contributed by atoms with Crippen molar-refractivity contribution in [2.24, 2.45) is 0 Å². The molecule has 0 saturated carbocycles. The van der Waals surface area contributed by atoms with Crippen molar-refractivity contribution in [1.29, 1.82) is 0 Å². The number of amides is 2. The normalized spacial score (nSPS) is 10.7. The maximum Gasteiger partial charge on any atom is 0.259 e. The molecule has 3 rings (SSSR count). The molecule has 0 aliphatic carbocycles. The standard InChI is InChI=1S/C29H30F4N2O5/c1-4-6-10-39-18-13-21(30)26(22(31)14-18)34-28(36)17-8-9-25(38-3)20(12-17)29(37)35-27-23(32)15-19(16-24(27)33)40-11-7-5-2/h8-9,12-16H,4-7,10-11H2,1-3H3,(H,34,36)(H,35,37). The van der Waals surface area contributed by atoms with E-state index in [2.05, 4.69) is 10.6 Å². The molecule has 0 heterocycles. The molecule has 0 bridgehead atoms. The Morgan fingerprint density at radius 1 is 0.700 bits per heavy atom. The van der Waals surface area contributed by atoms with E-state index in [1.807, 2.05) is 13.8 Å². The second kappa shape index (κ2) is 14.2. The third kappa shape index (κ3) is 7.64. The Balaban J connectivity index is 1.80. The molecule has 3 aromatic rings. The fourth-order valence-electron chi connectivity index (χ4n) is 3.57. The van der Waals surface area contributed by atoms with Gasteiger partial charge in [-0.2, -0.15) is 0 Å². The molecular weight excluding hydrogens is 532 g/mol. The van der Waals surface area contributed by atoms with Gasteiger partial charge in [0.05, 0.1) is 25.9 Å². The zero-order chi connectivity index (χ0) is 29.2. The molecule has 11 heteroatoms. The molecule has 0 spiro atoms. The third-order valence-corrected chi connectivity index (χ3v) is 5.75. The van der Waals surface area contributed by atoms with Crippen LogP contribution < -0.4 is 24.8 Å². The van der Waals surface area contributed by atoms with Gasteiger partial charge in [-0.3, -0.25) is 9.59 Å². The first kappa shape index (κ1) is 30.3. The van der Waals surface area contributed by atoms with Crippen LogP contribution in [0.3, 0.4) is 0 Å². The Morgan fingerprint density at radius 3 is 1.57 bits per heavy atom. The summed E-state index contributed by atoms with van der Waals surface area (Å²) >= 11 is 0. The SMILES string of the molecule is CCCCOc1cc(F)c(NC(=O)c2ccc(OC)c(C(=O)Nc3c(F)cc(OCCCC)cc3F)c2)c(F)c1. The van der Waals surface area contributed by atoms with Gasteiger partial charge in [-0.05, 0) is 31.0 Å². The molecule has 0 atom stereocenters. The van der Waals surface area contributed by atoms with E-state index < -0.39 is 46.5 Å². The van der Waals surface area contributed by atoms with Gasteiger partial charge in [0.1, 0.15) is 28.6 Å². The van der Waals surface area contributed by atoms with Crippen LogP contribution in [-0.2, 0) is 0 Å². The lowest BCUT2D eigenvalue weighted by Gasteiger charge is -2.14. The molecule has 0 fully saturated rings. The van der Waals surface area contributed by atoms with Gasteiger partial charge in [0.2, 0.25) is 0 Å². The lowest BCUT2D eigenvalue weighted by atomic mass is 10.1. The van der Waals surface area contributed by atoms with E-state index in [0.717, 1.165) is 43.2 Å². The highest BCUT2D eigenvalue weighted by Crippen LogP contribution is 2.29. The number of anilines is 2. The van der Waals surface area contributed by atoms with E-state index in [-0.39, 0.29) is 41.6 Å². The number of hydrogen-bond donors (Lipinski definition) is 2. The van der Waals surface area contributed by atoms with Crippen LogP contribution >= 0.6 is 0 Å². The summed E-state index contributed by atoms with van der Waals surface area (Å²) < 4.78 is 74.1. The van der Waals surface area contributed by atoms with Crippen LogP contribution in [0.25, 0.3) is 0 Å². The third-order valence-electron chi connectivity index (χ3n) is 5.75. The number of carbonyl (C=O) groups is 2. The van der Waals surface area contributed by atoms with Crippen molar-refractivity contribution in [3.8, 4) is 17.2 Å². The summed E-state index contributed by atoms with van der Waals surface area (Å²) in [5.74, 6) is -6.25. The minimum atomic E-state index is -1.07. The van der Waals surface area contributed by atoms with E-state index in [9.17, 15) is 27.2 Å². The van der Waals surface area contributed by atoms with Gasteiger partial charge < -0.3 is 24.8 Å². The Hall–Kier alpha value is -4.28. The number of rotatable bonds is 13. The summed E-state index contributed by atoms with van der Waals surface area (Å²) in [4.78, 5) is 25.8. The van der Waals surface area contributed by atoms with Crippen LogP contribution in [0.2, 0.25) is 0 Å². The van der Waals surface area contributed by atoms with Crippen LogP contribution in [0.5, 0.6) is 17.2 Å². The highest BCUT2D eigenvalue weighted by atomic mass is 19.1. The smallest absolute Gasteiger partial charge is 0.259 e. The molecule has 0 unspecified atom stereocenters. The number of unbranched alkanes of at least 4 members (excludes halogenated alkanes) is 2. The number of nitrogens with one attached hydrogen (secondary N) is 2. The van der Waals surface area contributed by atoms with Gasteiger partial charge in [0.15, 0.2) is 23.3 Å². The fraction of sp³-hybridized carbons (Fsp3) is 0.310. The van der Waals surface area contributed by atoms with Crippen molar-refractivity contribution in [3.05, 3.63) is 76.9 Å². The van der Waals surface area contributed by atoms with Gasteiger partial charge in [-0.15, -0.1) is 0 Å². The minimum Gasteiger partial charge on any atom is -0.496 e. The number of hydrogen-bond acceptors (Lipinski definition) is 5. The highest BCUT2D eigenvalue weighted by Gasteiger charge is 2.22. The molecular formula is C29H30F4N2O5. The topological polar surface area (TPSA) is 85.9 Å². The molecule has 214 valence electrons. The van der Waals surface area contributed by atoms with Crippen molar-refractivity contribution in [2.75, 3.05) is 31.0 Å². The predicted molar refractivity (Wildman–Crippen MR) is 142 cm³/mol. The fourth-order valence-corrected chi connectivity index (χ4v) is 3.57. The molecule has 0 aromatic heterocycles. The Morgan fingerprint density at radius 2 is 1.15 bits per heavy atom. The van der Waals surface area contributed by atoms with Crippen molar-refractivity contribution < 1.29 is 41.4 Å². The van der Waals surface area contributed by atoms with Crippen LogP contribution in [0.1, 0.15) is 60.2 Å². The molecule has 0 saturated heterocycles. The predicted octanol–water partition coefficient (Wildman–Crippen LogP) is 7.11.